The van der Waals surface area contributed by atoms with Crippen LogP contribution in [0.4, 0.5) is 4.79 Å². The van der Waals surface area contributed by atoms with E-state index in [-0.39, 0.29) is 6.03 Å². The molecule has 0 aliphatic carbocycles. The topological polar surface area (TPSA) is 61.8 Å². The van der Waals surface area contributed by atoms with Crippen LogP contribution in [0, 0.1) is 4.91 Å². The Morgan fingerprint density at radius 1 is 1.21 bits per heavy atom. The molecule has 0 heterocycles. The second kappa shape index (κ2) is 8.47. The summed E-state index contributed by atoms with van der Waals surface area (Å²) in [5.74, 6) is 0. The van der Waals surface area contributed by atoms with E-state index in [4.69, 9.17) is 0 Å². The summed E-state index contributed by atoms with van der Waals surface area (Å²) < 4.78 is 0. The number of carbonyl (C=O) groups is 1. The molecule has 0 aromatic heterocycles. The average Bonchev–Trinajstić information content (AvgIpc) is 2.18. The zero-order valence-corrected chi connectivity index (χ0v) is 8.95. The number of urea groups is 1. The van der Waals surface area contributed by atoms with Crippen LogP contribution in [-0.2, 0) is 0 Å². The largest absolute Gasteiger partial charge is 0.340 e. The van der Waals surface area contributed by atoms with Crippen molar-refractivity contribution in [3.05, 3.63) is 4.91 Å². The minimum atomic E-state index is -0.387. The van der Waals surface area contributed by atoms with Gasteiger partial charge in [-0.3, -0.25) is 0 Å². The first-order valence-corrected chi connectivity index (χ1v) is 5.13. The van der Waals surface area contributed by atoms with E-state index in [0.717, 1.165) is 25.7 Å². The molecule has 0 spiro atoms. The highest BCUT2D eigenvalue weighted by Crippen LogP contribution is 1.99. The Morgan fingerprint density at radius 2 is 1.71 bits per heavy atom. The lowest BCUT2D eigenvalue weighted by Crippen LogP contribution is -2.38. The number of hydrogen-bond acceptors (Lipinski definition) is 3. The molecule has 5 nitrogen and oxygen atoms in total. The first-order valence-electron chi connectivity index (χ1n) is 5.13. The zero-order valence-electron chi connectivity index (χ0n) is 8.95. The Kier molecular flexibility index (Phi) is 7.78. The molecule has 0 aromatic carbocycles. The highest BCUT2D eigenvalue weighted by molar-refractivity contribution is 5.73. The minimum Gasteiger partial charge on any atom is -0.323 e. The van der Waals surface area contributed by atoms with Crippen molar-refractivity contribution in [3.63, 3.8) is 0 Å². The van der Waals surface area contributed by atoms with Crippen LogP contribution in [0.5, 0.6) is 0 Å². The number of nitrogens with zero attached hydrogens (tertiary/aromatic N) is 2. The number of rotatable bonds is 7. The maximum Gasteiger partial charge on any atom is 0.340 e. The summed E-state index contributed by atoms with van der Waals surface area (Å²) in [5, 5.41) is 2.38. The highest BCUT2D eigenvalue weighted by Gasteiger charge is 2.11. The molecule has 14 heavy (non-hydrogen) atoms. The molecule has 0 unspecified atom stereocenters. The normalized spacial score (nSPS) is 9.57. The first-order chi connectivity index (χ1) is 6.76. The maximum absolute atomic E-state index is 11.3. The van der Waals surface area contributed by atoms with Gasteiger partial charge in [0.2, 0.25) is 0 Å². The van der Waals surface area contributed by atoms with Crippen molar-refractivity contribution < 1.29 is 4.79 Å². The quantitative estimate of drug-likeness (QED) is 0.507. The third-order valence-electron chi connectivity index (χ3n) is 1.99. The third kappa shape index (κ3) is 5.50. The van der Waals surface area contributed by atoms with Crippen molar-refractivity contribution >= 4 is 6.03 Å². The molecule has 1 N–H and O–H groups in total. The molecular weight excluding hydrogens is 182 g/mol. The van der Waals surface area contributed by atoms with Crippen molar-refractivity contribution in [3.8, 4) is 0 Å². The van der Waals surface area contributed by atoms with Gasteiger partial charge < -0.3 is 4.90 Å². The van der Waals surface area contributed by atoms with Crippen LogP contribution >= 0.6 is 0 Å². The first kappa shape index (κ1) is 12.9. The predicted molar refractivity (Wildman–Crippen MR) is 55.7 cm³/mol. The summed E-state index contributed by atoms with van der Waals surface area (Å²) in [7, 11) is 0. The van der Waals surface area contributed by atoms with Crippen LogP contribution in [0.1, 0.15) is 39.5 Å². The fourth-order valence-corrected chi connectivity index (χ4v) is 1.12. The Bertz CT molecular complexity index is 165. The molecular formula is C9H19N3O2. The average molecular weight is 201 g/mol. The molecule has 0 fully saturated rings. The smallest absolute Gasteiger partial charge is 0.323 e. The Labute approximate surface area is 84.8 Å². The van der Waals surface area contributed by atoms with Crippen molar-refractivity contribution in [2.45, 2.75) is 39.5 Å². The second-order valence-electron chi connectivity index (χ2n) is 3.20. The van der Waals surface area contributed by atoms with Gasteiger partial charge in [0, 0.05) is 13.1 Å². The SMILES string of the molecule is CCCCN(CCCC)C(=O)NN=O. The van der Waals surface area contributed by atoms with Crippen LogP contribution in [0.25, 0.3) is 0 Å². The van der Waals surface area contributed by atoms with E-state index < -0.39 is 0 Å². The van der Waals surface area contributed by atoms with Crippen LogP contribution in [0.2, 0.25) is 0 Å². The van der Waals surface area contributed by atoms with Crippen LogP contribution in [0.15, 0.2) is 5.29 Å². The number of nitrogens with one attached hydrogen (secondary N) is 1. The van der Waals surface area contributed by atoms with E-state index in [0.29, 0.717) is 13.1 Å². The van der Waals surface area contributed by atoms with Crippen LogP contribution in [-0.4, -0.2) is 24.0 Å². The summed E-state index contributed by atoms with van der Waals surface area (Å²) in [6, 6.07) is -0.387. The van der Waals surface area contributed by atoms with Crippen LogP contribution < -0.4 is 5.43 Å². The molecule has 0 aliphatic heterocycles. The van der Waals surface area contributed by atoms with Gasteiger partial charge in [-0.2, -0.15) is 5.43 Å². The second-order valence-corrected chi connectivity index (χ2v) is 3.20. The number of hydrogen-bond donors (Lipinski definition) is 1. The van der Waals surface area contributed by atoms with Gasteiger partial charge in [-0.25, -0.2) is 4.79 Å². The summed E-state index contributed by atoms with van der Waals surface area (Å²) >= 11 is 0. The van der Waals surface area contributed by atoms with Gasteiger partial charge in [0.1, 0.15) is 0 Å². The molecule has 0 aromatic rings. The van der Waals surface area contributed by atoms with E-state index in [2.05, 4.69) is 19.1 Å². The molecule has 0 atom stereocenters. The Balaban J connectivity index is 3.93. The van der Waals surface area contributed by atoms with E-state index in [1.807, 2.05) is 5.43 Å². The summed E-state index contributed by atoms with van der Waals surface area (Å²) in [4.78, 5) is 22.8. The van der Waals surface area contributed by atoms with Gasteiger partial charge in [-0.15, -0.1) is 4.91 Å². The molecule has 0 radical (unpaired) electrons. The Hall–Kier alpha value is -1.13. The molecule has 0 saturated heterocycles. The van der Waals surface area contributed by atoms with Crippen molar-refractivity contribution in [1.29, 1.82) is 0 Å². The van der Waals surface area contributed by atoms with E-state index in [1.54, 1.807) is 4.90 Å². The lowest BCUT2D eigenvalue weighted by atomic mass is 10.3. The fourth-order valence-electron chi connectivity index (χ4n) is 1.12. The Morgan fingerprint density at radius 3 is 2.07 bits per heavy atom. The summed E-state index contributed by atoms with van der Waals surface area (Å²) in [6.45, 7) is 5.51. The molecule has 0 rings (SSSR count). The molecule has 0 saturated carbocycles. The van der Waals surface area contributed by atoms with E-state index >= 15 is 0 Å². The monoisotopic (exact) mass is 201 g/mol. The van der Waals surface area contributed by atoms with Gasteiger partial charge >= 0.3 is 6.03 Å². The number of carbonyl (C=O) groups excluding carboxylic acids is 1. The number of amides is 2. The van der Waals surface area contributed by atoms with E-state index in [1.165, 1.54) is 0 Å². The zero-order chi connectivity index (χ0) is 10.8. The van der Waals surface area contributed by atoms with Gasteiger partial charge in [0.25, 0.3) is 0 Å². The van der Waals surface area contributed by atoms with Crippen molar-refractivity contribution in [1.82, 2.24) is 10.3 Å². The predicted octanol–water partition coefficient (Wildman–Crippen LogP) is 2.28. The third-order valence-corrected chi connectivity index (χ3v) is 1.99. The minimum absolute atomic E-state index is 0.387. The lowest BCUT2D eigenvalue weighted by Gasteiger charge is -2.20. The number of unbranched alkanes of at least 4 members (excludes halogenated alkanes) is 2. The number of nitroso groups, excluding NO2 is 1. The standard InChI is InChI=1S/C9H19N3O2/c1-3-5-7-12(8-6-4-2)9(13)10-11-14/h3-8H2,1-2H3,(H,10,13,14). The van der Waals surface area contributed by atoms with Gasteiger partial charge in [0.15, 0.2) is 0 Å². The summed E-state index contributed by atoms with van der Waals surface area (Å²) in [5.41, 5.74) is 1.92. The van der Waals surface area contributed by atoms with Gasteiger partial charge in [-0.1, -0.05) is 26.7 Å². The van der Waals surface area contributed by atoms with Crippen molar-refractivity contribution in [2.24, 2.45) is 5.29 Å². The lowest BCUT2D eigenvalue weighted by molar-refractivity contribution is 0.196. The molecule has 2 amide bonds. The molecule has 5 heteroatoms. The van der Waals surface area contributed by atoms with Gasteiger partial charge in [-0.05, 0) is 12.8 Å². The van der Waals surface area contributed by atoms with Crippen molar-refractivity contribution in [2.75, 3.05) is 13.1 Å². The maximum atomic E-state index is 11.3. The molecule has 0 aliphatic rings. The van der Waals surface area contributed by atoms with E-state index in [9.17, 15) is 9.70 Å². The fraction of sp³-hybridized carbons (Fsp3) is 0.889. The van der Waals surface area contributed by atoms with Crippen LogP contribution in [0.3, 0.4) is 0 Å². The highest BCUT2D eigenvalue weighted by atomic mass is 16.3. The molecule has 82 valence electrons. The summed E-state index contributed by atoms with van der Waals surface area (Å²) in [6.07, 6.45) is 3.97. The molecule has 0 bridgehead atoms. The van der Waals surface area contributed by atoms with Gasteiger partial charge in [0.05, 0.1) is 5.29 Å².